The SMILES string of the molecule is O=C(O)CN(CCN(CC(=O)O)CC(=O)N(CCCOC1O[C@H](CO)[C@@H](O)[C@H](O)C1O)CCCOC1O[C@H](CO)[C@@H](O)[C@H](O)C1O)CCN(CC(=O)O)CC(=O)N(CCCOC1O[C@H](CO)[C@@H](O)[C@H](O)C1O)CCCOC1O[C@H](CO)[C@@H](O)[C@H](O)C1O.[Gd+3].[O-2]. The first kappa shape index (κ1) is 82.6. The molecule has 0 aromatic carbocycles. The standard InChI is InChI=1S/C50H89N5O32.Gd.O/c56-22-26-35(68)39(72)43(76)47(84-26)80-13-1-5-54(6-2-14-81-48-44(77)40(73)36(69)27(23-57)85-48)30(60)17-52(20-33(64)65)11-9-51(19-32(62)63)10-12-53(21-34(66)67)18-31(61)55(7-3-15-82-49-45(78)41(74)37(70)28(24-58)86-49)8-4-16-83-50-46(79)42(75)38(71)29(25-59)87-50;;/h26-29,35-50,56-59,68-79H,1-25H2,(H,62,63)(H,64,65)(H,66,67);;/q;+3;-2/t26-,27-,28-,29-,35-,36-,37-,38-,39+,40+,41+,42+,43?,44?,45?,46?,47?,48?,49?,50?;;/m1../s1. The number of nitrogens with zero attached hydrogens (tertiary/aromatic N) is 5. The molecule has 0 bridgehead atoms. The molecule has 0 saturated carbocycles. The topological polar surface area (TPSA) is 588 Å². The number of carbonyl (C=O) groups is 5. The molecule has 4 aliphatic heterocycles. The Morgan fingerprint density at radius 2 is 0.528 bits per heavy atom. The molecule has 0 aromatic rings. The Labute approximate surface area is 542 Å². The second kappa shape index (κ2) is 42.1. The fourth-order valence-electron chi connectivity index (χ4n) is 9.78. The first-order valence-corrected chi connectivity index (χ1v) is 28.3. The van der Waals surface area contributed by atoms with E-state index in [4.69, 9.17) is 37.9 Å². The number of aliphatic hydroxyl groups excluding tert-OH is 16. The molecule has 38 nitrogen and oxygen atoms in total. The van der Waals surface area contributed by atoms with Gasteiger partial charge in [-0.05, 0) is 25.7 Å². The van der Waals surface area contributed by atoms with E-state index in [9.17, 15) is 121 Å². The van der Waals surface area contributed by atoms with Crippen LogP contribution >= 0.6 is 0 Å². The fourth-order valence-corrected chi connectivity index (χ4v) is 9.78. The van der Waals surface area contributed by atoms with E-state index in [0.29, 0.717) is 0 Å². The fraction of sp³-hybridized carbons (Fsp3) is 0.900. The Bertz CT molecular complexity index is 1830. The summed E-state index contributed by atoms with van der Waals surface area (Å²) in [5, 5.41) is 191. The molecule has 89 heavy (non-hydrogen) atoms. The van der Waals surface area contributed by atoms with E-state index < -0.39 is 212 Å². The van der Waals surface area contributed by atoms with Crippen LogP contribution in [-0.2, 0) is 67.3 Å². The van der Waals surface area contributed by atoms with Gasteiger partial charge < -0.3 is 150 Å². The number of amides is 2. The van der Waals surface area contributed by atoms with Gasteiger partial charge in [0.1, 0.15) is 97.7 Å². The Morgan fingerprint density at radius 1 is 0.315 bits per heavy atom. The van der Waals surface area contributed by atoms with Crippen LogP contribution in [0.15, 0.2) is 0 Å². The summed E-state index contributed by atoms with van der Waals surface area (Å²) in [5.74, 6) is -5.51. The van der Waals surface area contributed by atoms with Crippen molar-refractivity contribution in [2.75, 3.05) is 138 Å². The molecule has 39 heteroatoms. The van der Waals surface area contributed by atoms with E-state index in [1.165, 1.54) is 24.5 Å². The van der Waals surface area contributed by atoms with E-state index in [0.717, 1.165) is 0 Å². The molecule has 19 N–H and O–H groups in total. The summed E-state index contributed by atoms with van der Waals surface area (Å²) in [6.45, 7) is -8.79. The van der Waals surface area contributed by atoms with Crippen molar-refractivity contribution < 1.29 is 204 Å². The molecule has 519 valence electrons. The average Bonchev–Trinajstić information content (AvgIpc) is 3.39. The molecule has 1 radical (unpaired) electrons. The van der Waals surface area contributed by atoms with Gasteiger partial charge in [-0.15, -0.1) is 0 Å². The Balaban J connectivity index is 0.0000135. The van der Waals surface area contributed by atoms with Crippen LogP contribution in [0.3, 0.4) is 0 Å². The van der Waals surface area contributed by atoms with Crippen LogP contribution in [0.4, 0.5) is 0 Å². The number of carboxylic acid groups (broad SMARTS) is 3. The van der Waals surface area contributed by atoms with Crippen molar-refractivity contribution in [2.24, 2.45) is 0 Å². The van der Waals surface area contributed by atoms with Crippen molar-refractivity contribution >= 4 is 29.7 Å². The van der Waals surface area contributed by atoms with Crippen molar-refractivity contribution in [1.29, 1.82) is 0 Å². The molecule has 0 aromatic heterocycles. The van der Waals surface area contributed by atoms with Gasteiger partial charge in [0, 0.05) is 52.4 Å². The van der Waals surface area contributed by atoms with E-state index in [2.05, 4.69) is 0 Å². The van der Waals surface area contributed by atoms with Gasteiger partial charge in [-0.25, -0.2) is 0 Å². The first-order valence-electron chi connectivity index (χ1n) is 28.3. The van der Waals surface area contributed by atoms with Crippen LogP contribution < -0.4 is 0 Å². The minimum Gasteiger partial charge on any atom is -2.00 e. The van der Waals surface area contributed by atoms with Gasteiger partial charge in [0.05, 0.1) is 85.6 Å². The van der Waals surface area contributed by atoms with Crippen molar-refractivity contribution in [2.45, 2.75) is 149 Å². The van der Waals surface area contributed by atoms with Crippen LogP contribution in [0, 0.1) is 39.9 Å². The maximum absolute atomic E-state index is 14.1. The third-order valence-corrected chi connectivity index (χ3v) is 14.8. The van der Waals surface area contributed by atoms with Gasteiger partial charge in [-0.1, -0.05) is 0 Å². The number of carboxylic acids is 3. The maximum Gasteiger partial charge on any atom is 3.00 e. The first-order chi connectivity index (χ1) is 41.3. The van der Waals surface area contributed by atoms with Gasteiger partial charge >= 0.3 is 57.8 Å². The van der Waals surface area contributed by atoms with E-state index in [-0.39, 0.29) is 150 Å². The van der Waals surface area contributed by atoms with Crippen LogP contribution in [0.25, 0.3) is 0 Å². The van der Waals surface area contributed by atoms with Crippen LogP contribution in [-0.4, -0.2) is 412 Å². The summed E-state index contributed by atoms with van der Waals surface area (Å²) in [4.78, 5) is 70.9. The normalized spacial score (nSPS) is 32.3. The van der Waals surface area contributed by atoms with Gasteiger partial charge in [0.2, 0.25) is 11.8 Å². The minimum absolute atomic E-state index is 0. The number of carbonyl (C=O) groups excluding carboxylic acids is 2. The smallest absolute Gasteiger partial charge is 2.00 e. The third kappa shape index (κ3) is 26.0. The number of hydrogen-bond donors (Lipinski definition) is 19. The Hall–Kier alpha value is -2.45. The second-order valence-corrected chi connectivity index (χ2v) is 21.3. The number of rotatable bonds is 40. The molecule has 2 amide bonds. The summed E-state index contributed by atoms with van der Waals surface area (Å²) in [6.07, 6.45) is -31.7. The largest absolute Gasteiger partial charge is 3.00 e. The van der Waals surface area contributed by atoms with Crippen LogP contribution in [0.1, 0.15) is 25.7 Å². The molecule has 4 aliphatic rings. The Kier molecular flexibility index (Phi) is 39.1. The van der Waals surface area contributed by atoms with Crippen molar-refractivity contribution in [3.8, 4) is 0 Å². The predicted molar refractivity (Wildman–Crippen MR) is 283 cm³/mol. The van der Waals surface area contributed by atoms with Crippen molar-refractivity contribution in [1.82, 2.24) is 24.5 Å². The van der Waals surface area contributed by atoms with E-state index in [1.807, 2.05) is 0 Å². The monoisotopic (exact) mass is 1450 g/mol. The summed E-state index contributed by atoms with van der Waals surface area (Å²) >= 11 is 0. The zero-order valence-electron chi connectivity index (χ0n) is 48.5. The van der Waals surface area contributed by atoms with Gasteiger partial charge in [0.25, 0.3) is 0 Å². The molecule has 4 heterocycles. The molecule has 4 saturated heterocycles. The molecule has 20 atom stereocenters. The van der Waals surface area contributed by atoms with Gasteiger partial charge in [-0.2, -0.15) is 0 Å². The zero-order valence-corrected chi connectivity index (χ0v) is 50.8. The quantitative estimate of drug-likeness (QED) is 0.0253. The molecule has 8 unspecified atom stereocenters. The second-order valence-electron chi connectivity index (χ2n) is 21.3. The molecule has 0 spiro atoms. The summed E-state index contributed by atoms with van der Waals surface area (Å²) in [7, 11) is 0. The minimum atomic E-state index is -1.75. The third-order valence-electron chi connectivity index (χ3n) is 14.8. The molecule has 4 fully saturated rings. The van der Waals surface area contributed by atoms with E-state index in [1.54, 1.807) is 0 Å². The number of aliphatic hydroxyl groups is 16. The van der Waals surface area contributed by atoms with Crippen LogP contribution in [0.2, 0.25) is 0 Å². The summed E-state index contributed by atoms with van der Waals surface area (Å²) in [6, 6.07) is 0. The Morgan fingerprint density at radius 3 is 0.742 bits per heavy atom. The van der Waals surface area contributed by atoms with E-state index >= 15 is 0 Å². The summed E-state index contributed by atoms with van der Waals surface area (Å²) in [5.41, 5.74) is 0. The average molecular weight is 1450 g/mol. The molecular formula is C50H89GdN5O33+. The number of ether oxygens (including phenoxy) is 8. The predicted octanol–water partition coefficient (Wildman–Crippen LogP) is -12.5. The molecule has 4 rings (SSSR count). The van der Waals surface area contributed by atoms with Gasteiger partial charge in [-0.3, -0.25) is 38.7 Å². The molecule has 0 aliphatic carbocycles. The van der Waals surface area contributed by atoms with Crippen LogP contribution in [0.5, 0.6) is 0 Å². The number of hydrogen-bond acceptors (Lipinski definition) is 32. The number of aliphatic carboxylic acids is 3. The van der Waals surface area contributed by atoms with Gasteiger partial charge in [0.15, 0.2) is 25.2 Å². The summed E-state index contributed by atoms with van der Waals surface area (Å²) < 4.78 is 43.7. The zero-order chi connectivity index (χ0) is 64.7. The molecular weight excluding hydrogens is 1360 g/mol. The van der Waals surface area contributed by atoms with Crippen molar-refractivity contribution in [3.05, 3.63) is 0 Å². The van der Waals surface area contributed by atoms with Crippen molar-refractivity contribution in [3.63, 3.8) is 0 Å². The maximum atomic E-state index is 14.1.